The molecule has 1 aliphatic carbocycles. The quantitative estimate of drug-likeness (QED) is 0.782. The van der Waals surface area contributed by atoms with Crippen LogP contribution in [0.5, 0.6) is 0 Å². The second-order valence-corrected chi connectivity index (χ2v) is 8.29. The fourth-order valence-electron chi connectivity index (χ4n) is 3.07. The van der Waals surface area contributed by atoms with Crippen LogP contribution >= 0.6 is 0 Å². The number of aryl methyl sites for hydroxylation is 2. The molecule has 1 fully saturated rings. The van der Waals surface area contributed by atoms with Gasteiger partial charge in [0.1, 0.15) is 0 Å². The summed E-state index contributed by atoms with van der Waals surface area (Å²) in [4.78, 5) is 12.0. The average Bonchev–Trinajstić information content (AvgIpc) is 2.48. The Morgan fingerprint density at radius 1 is 1.21 bits per heavy atom. The molecule has 0 unspecified atom stereocenters. The summed E-state index contributed by atoms with van der Waals surface area (Å²) in [5, 5.41) is 2.89. The van der Waals surface area contributed by atoms with Gasteiger partial charge in [-0.2, -0.15) is 0 Å². The molecule has 24 heavy (non-hydrogen) atoms. The number of anilines is 1. The van der Waals surface area contributed by atoms with E-state index < -0.39 is 10.0 Å². The van der Waals surface area contributed by atoms with E-state index >= 15 is 0 Å². The van der Waals surface area contributed by atoms with Crippen molar-refractivity contribution >= 4 is 21.6 Å². The Hall–Kier alpha value is -1.56. The molecule has 1 aliphatic rings. The number of sulfonamides is 1. The van der Waals surface area contributed by atoms with Crippen molar-refractivity contribution in [3.05, 3.63) is 29.3 Å². The number of carbonyl (C=O) groups excluding carboxylic acids is 1. The fourth-order valence-corrected chi connectivity index (χ4v) is 4.06. The van der Waals surface area contributed by atoms with Gasteiger partial charge in [0.25, 0.3) is 0 Å². The first-order valence-electron chi connectivity index (χ1n) is 8.74. The number of hydrogen-bond donors (Lipinski definition) is 1. The Bertz CT molecular complexity index is 659. The van der Waals surface area contributed by atoms with Crippen molar-refractivity contribution in [1.29, 1.82) is 0 Å². The van der Waals surface area contributed by atoms with Gasteiger partial charge in [-0.25, -0.2) is 8.42 Å². The Balaban J connectivity index is 2.18. The van der Waals surface area contributed by atoms with Crippen LogP contribution in [0.25, 0.3) is 0 Å². The third kappa shape index (κ3) is 4.29. The molecule has 6 heteroatoms. The van der Waals surface area contributed by atoms with Gasteiger partial charge in [0.15, 0.2) is 0 Å². The number of rotatable bonds is 8. The van der Waals surface area contributed by atoms with Crippen molar-refractivity contribution in [2.45, 2.75) is 46.0 Å². The molecule has 0 spiro atoms. The maximum Gasteiger partial charge on any atom is 0.232 e. The van der Waals surface area contributed by atoms with E-state index in [1.165, 1.54) is 10.6 Å². The summed E-state index contributed by atoms with van der Waals surface area (Å²) >= 11 is 0. The number of para-hydroxylation sites is 1. The first-order valence-corrected chi connectivity index (χ1v) is 10.6. The zero-order chi connectivity index (χ0) is 17.7. The lowest BCUT2D eigenvalue weighted by Gasteiger charge is -2.28. The summed E-state index contributed by atoms with van der Waals surface area (Å²) in [6, 6.07) is 5.92. The molecule has 0 bridgehead atoms. The van der Waals surface area contributed by atoms with Crippen LogP contribution in [-0.4, -0.2) is 33.7 Å². The van der Waals surface area contributed by atoms with Crippen molar-refractivity contribution in [3.8, 4) is 0 Å². The van der Waals surface area contributed by atoms with E-state index in [2.05, 4.69) is 5.32 Å². The molecule has 1 aromatic rings. The van der Waals surface area contributed by atoms with E-state index in [-0.39, 0.29) is 18.4 Å². The molecule has 0 heterocycles. The van der Waals surface area contributed by atoms with E-state index in [4.69, 9.17) is 0 Å². The van der Waals surface area contributed by atoms with Gasteiger partial charge < -0.3 is 5.32 Å². The van der Waals surface area contributed by atoms with Gasteiger partial charge >= 0.3 is 0 Å². The van der Waals surface area contributed by atoms with Gasteiger partial charge in [0.2, 0.25) is 15.9 Å². The van der Waals surface area contributed by atoms with Crippen LogP contribution in [0.3, 0.4) is 0 Å². The van der Waals surface area contributed by atoms with Crippen LogP contribution in [0.15, 0.2) is 18.2 Å². The molecule has 2 rings (SSSR count). The predicted octanol–water partition coefficient (Wildman–Crippen LogP) is 2.49. The number of carbonyl (C=O) groups is 1. The van der Waals surface area contributed by atoms with E-state index in [1.807, 2.05) is 32.0 Å². The highest BCUT2D eigenvalue weighted by atomic mass is 32.2. The predicted molar refractivity (Wildman–Crippen MR) is 97.7 cm³/mol. The number of amides is 1. The number of hydrogen-bond acceptors (Lipinski definition) is 3. The number of nitrogens with one attached hydrogen (secondary N) is 1. The SMILES string of the molecule is CCc1cccc(CC)c1N(CCNC(=O)C1CCC1)S(C)(=O)=O. The summed E-state index contributed by atoms with van der Waals surface area (Å²) in [6.07, 6.45) is 5.76. The molecule has 1 aromatic carbocycles. The van der Waals surface area contributed by atoms with Gasteiger partial charge in [-0.15, -0.1) is 0 Å². The topological polar surface area (TPSA) is 66.5 Å². The highest BCUT2D eigenvalue weighted by molar-refractivity contribution is 7.92. The molecule has 1 amide bonds. The summed E-state index contributed by atoms with van der Waals surface area (Å²) in [5.74, 6) is 0.167. The number of nitrogens with zero attached hydrogens (tertiary/aromatic N) is 1. The standard InChI is InChI=1S/C18H28N2O3S/c1-4-14-8-6-9-15(5-2)17(14)20(24(3,22)23)13-12-19-18(21)16-10-7-11-16/h6,8-9,16H,4-5,7,10-13H2,1-3H3,(H,19,21). The van der Waals surface area contributed by atoms with Gasteiger partial charge in [-0.1, -0.05) is 38.5 Å². The maximum absolute atomic E-state index is 12.4. The lowest BCUT2D eigenvalue weighted by molar-refractivity contribution is -0.127. The minimum atomic E-state index is -3.41. The first kappa shape index (κ1) is 18.8. The Labute approximate surface area is 145 Å². The van der Waals surface area contributed by atoms with Crippen molar-refractivity contribution < 1.29 is 13.2 Å². The molecule has 0 saturated heterocycles. The molecule has 0 atom stereocenters. The lowest BCUT2D eigenvalue weighted by Crippen LogP contribution is -2.41. The van der Waals surface area contributed by atoms with Crippen molar-refractivity contribution in [1.82, 2.24) is 5.32 Å². The van der Waals surface area contributed by atoms with E-state index in [1.54, 1.807) is 0 Å². The van der Waals surface area contributed by atoms with E-state index in [0.29, 0.717) is 6.54 Å². The van der Waals surface area contributed by atoms with Crippen LogP contribution in [0, 0.1) is 5.92 Å². The van der Waals surface area contributed by atoms with Crippen LogP contribution in [-0.2, 0) is 27.7 Å². The zero-order valence-corrected chi connectivity index (χ0v) is 15.7. The first-order chi connectivity index (χ1) is 11.4. The second kappa shape index (κ2) is 8.01. The van der Waals surface area contributed by atoms with Crippen molar-refractivity contribution in [2.24, 2.45) is 5.92 Å². The third-order valence-corrected chi connectivity index (χ3v) is 5.87. The molecular formula is C18H28N2O3S. The summed E-state index contributed by atoms with van der Waals surface area (Å²) in [7, 11) is -3.41. The van der Waals surface area contributed by atoms with Crippen molar-refractivity contribution in [3.63, 3.8) is 0 Å². The molecular weight excluding hydrogens is 324 g/mol. The van der Waals surface area contributed by atoms with Crippen LogP contribution in [0.4, 0.5) is 5.69 Å². The minimum Gasteiger partial charge on any atom is -0.354 e. The smallest absolute Gasteiger partial charge is 0.232 e. The summed E-state index contributed by atoms with van der Waals surface area (Å²) in [6.45, 7) is 4.65. The molecule has 0 radical (unpaired) electrons. The van der Waals surface area contributed by atoms with Gasteiger partial charge in [0.05, 0.1) is 18.5 Å². The van der Waals surface area contributed by atoms with Gasteiger partial charge in [-0.05, 0) is 36.8 Å². The molecule has 134 valence electrons. The molecule has 0 aromatic heterocycles. The summed E-state index contributed by atoms with van der Waals surface area (Å²) < 4.78 is 26.2. The maximum atomic E-state index is 12.4. The summed E-state index contributed by atoms with van der Waals surface area (Å²) in [5.41, 5.74) is 2.82. The Kier molecular flexibility index (Phi) is 6.27. The molecule has 5 nitrogen and oxygen atoms in total. The normalized spacial score (nSPS) is 15.0. The molecule has 1 N–H and O–H groups in total. The van der Waals surface area contributed by atoms with Crippen LogP contribution < -0.4 is 9.62 Å². The van der Waals surface area contributed by atoms with Crippen molar-refractivity contribution in [2.75, 3.05) is 23.7 Å². The van der Waals surface area contributed by atoms with Gasteiger partial charge in [-0.3, -0.25) is 9.10 Å². The largest absolute Gasteiger partial charge is 0.354 e. The number of benzene rings is 1. The Morgan fingerprint density at radius 3 is 2.21 bits per heavy atom. The zero-order valence-electron chi connectivity index (χ0n) is 14.8. The van der Waals surface area contributed by atoms with Crippen LogP contribution in [0.2, 0.25) is 0 Å². The monoisotopic (exact) mass is 352 g/mol. The molecule has 1 saturated carbocycles. The van der Waals surface area contributed by atoms with Gasteiger partial charge in [0, 0.05) is 12.5 Å². The second-order valence-electron chi connectivity index (χ2n) is 6.39. The fraction of sp³-hybridized carbons (Fsp3) is 0.611. The highest BCUT2D eigenvalue weighted by Gasteiger charge is 2.26. The minimum absolute atomic E-state index is 0.0502. The molecule has 0 aliphatic heterocycles. The van der Waals surface area contributed by atoms with E-state index in [9.17, 15) is 13.2 Å². The van der Waals surface area contributed by atoms with E-state index in [0.717, 1.165) is 48.9 Å². The lowest BCUT2D eigenvalue weighted by atomic mass is 9.85. The van der Waals surface area contributed by atoms with Crippen LogP contribution in [0.1, 0.15) is 44.2 Å². The third-order valence-electron chi connectivity index (χ3n) is 4.70. The average molecular weight is 353 g/mol. The highest BCUT2D eigenvalue weighted by Crippen LogP contribution is 2.29. The Morgan fingerprint density at radius 2 is 1.79 bits per heavy atom.